The summed E-state index contributed by atoms with van der Waals surface area (Å²) in [5.41, 5.74) is 7.80. The van der Waals surface area contributed by atoms with Crippen LogP contribution in [-0.4, -0.2) is 27.4 Å². The van der Waals surface area contributed by atoms with Crippen LogP contribution in [0, 0.1) is 5.92 Å². The molecule has 0 aliphatic rings. The van der Waals surface area contributed by atoms with Crippen LogP contribution in [0.25, 0.3) is 11.0 Å². The van der Waals surface area contributed by atoms with Crippen LogP contribution in [-0.2, 0) is 11.2 Å². The molecule has 3 rings (SSSR count). The van der Waals surface area contributed by atoms with Gasteiger partial charge in [0.05, 0.1) is 11.0 Å². The lowest BCUT2D eigenvalue weighted by Gasteiger charge is -2.19. The van der Waals surface area contributed by atoms with Crippen LogP contribution >= 0.6 is 11.3 Å². The predicted octanol–water partition coefficient (Wildman–Crippen LogP) is 4.68. The average Bonchev–Trinajstić information content (AvgIpc) is 3.36. The molecular weight excluding hydrogens is 408 g/mol. The van der Waals surface area contributed by atoms with E-state index in [-0.39, 0.29) is 11.8 Å². The van der Waals surface area contributed by atoms with Gasteiger partial charge in [0.1, 0.15) is 11.9 Å². The molecule has 0 radical (unpaired) electrons. The number of nitrogens with two attached hydrogens (primary N) is 1. The first-order valence-corrected chi connectivity index (χ1v) is 11.8. The molecule has 2 heterocycles. The van der Waals surface area contributed by atoms with E-state index in [1.807, 2.05) is 26.0 Å². The summed E-state index contributed by atoms with van der Waals surface area (Å²) < 4.78 is 2.32. The lowest BCUT2D eigenvalue weighted by molar-refractivity contribution is -0.120. The van der Waals surface area contributed by atoms with Crippen LogP contribution in [0.5, 0.6) is 0 Å². The van der Waals surface area contributed by atoms with Crippen molar-refractivity contribution in [1.82, 2.24) is 14.9 Å². The number of imidazole rings is 1. The minimum absolute atomic E-state index is 0.246. The largest absolute Gasteiger partial charge is 0.368 e. The molecule has 6 nitrogen and oxygen atoms in total. The second-order valence-corrected chi connectivity index (χ2v) is 9.42. The van der Waals surface area contributed by atoms with Gasteiger partial charge < -0.3 is 15.6 Å². The molecule has 0 fully saturated rings. The number of fused-ring (bicyclic) bond motifs is 1. The van der Waals surface area contributed by atoms with Crippen LogP contribution in [0.4, 0.5) is 0 Å². The molecule has 0 spiro atoms. The maximum Gasteiger partial charge on any atom is 0.252 e. The zero-order chi connectivity index (χ0) is 22.5. The molecule has 0 aliphatic heterocycles. The van der Waals surface area contributed by atoms with E-state index in [1.54, 1.807) is 17.4 Å². The number of nitrogens with one attached hydrogen (secondary N) is 1. The Balaban J connectivity index is 1.96. The smallest absolute Gasteiger partial charge is 0.252 e. The normalized spacial score (nSPS) is 12.6. The first-order valence-electron chi connectivity index (χ1n) is 11.0. The van der Waals surface area contributed by atoms with Crippen molar-refractivity contribution in [2.75, 3.05) is 0 Å². The number of hydrogen-bond donors (Lipinski definition) is 2. The molecule has 3 aromatic rings. The Bertz CT molecular complexity index is 1040. The first kappa shape index (κ1) is 23.0. The lowest BCUT2D eigenvalue weighted by atomic mass is 10.0. The summed E-state index contributed by atoms with van der Waals surface area (Å²) in [7, 11) is 0. The van der Waals surface area contributed by atoms with E-state index in [1.165, 1.54) is 4.88 Å². The van der Waals surface area contributed by atoms with E-state index in [0.29, 0.717) is 18.0 Å². The fourth-order valence-corrected chi connectivity index (χ4v) is 4.71. The molecule has 1 unspecified atom stereocenters. The standard InChI is InChI=1S/C24H32N4O2S/c1-5-17(6-2)28-21-10-9-16(24(30)27-20(23(25)29)12-15(3)4)13-19(21)26-22(28)14-18-8-7-11-31-18/h7-11,13,15,17,20H,5-6,12,14H2,1-4H3,(H2,25,29)(H,27,30). The first-order chi connectivity index (χ1) is 14.8. The van der Waals surface area contributed by atoms with Crippen molar-refractivity contribution in [2.45, 2.75) is 65.5 Å². The van der Waals surface area contributed by atoms with E-state index in [0.717, 1.165) is 36.1 Å². The van der Waals surface area contributed by atoms with Crippen LogP contribution in [0.2, 0.25) is 0 Å². The van der Waals surface area contributed by atoms with Gasteiger partial charge in [-0.25, -0.2) is 4.98 Å². The number of hydrogen-bond acceptors (Lipinski definition) is 4. The predicted molar refractivity (Wildman–Crippen MR) is 126 cm³/mol. The summed E-state index contributed by atoms with van der Waals surface area (Å²) in [5.74, 6) is 0.442. The van der Waals surface area contributed by atoms with Gasteiger partial charge in [0.25, 0.3) is 5.91 Å². The fraction of sp³-hybridized carbons (Fsp3) is 0.458. The van der Waals surface area contributed by atoms with Gasteiger partial charge >= 0.3 is 0 Å². The number of benzene rings is 1. The number of rotatable bonds is 10. The topological polar surface area (TPSA) is 90.0 Å². The zero-order valence-electron chi connectivity index (χ0n) is 18.7. The molecule has 0 saturated carbocycles. The van der Waals surface area contributed by atoms with E-state index in [4.69, 9.17) is 10.7 Å². The molecule has 31 heavy (non-hydrogen) atoms. The van der Waals surface area contributed by atoms with Gasteiger partial charge in [-0.15, -0.1) is 11.3 Å². The zero-order valence-corrected chi connectivity index (χ0v) is 19.5. The Kier molecular flexibility index (Phi) is 7.49. The quantitative estimate of drug-likeness (QED) is 0.480. The second kappa shape index (κ2) is 10.1. The summed E-state index contributed by atoms with van der Waals surface area (Å²) in [4.78, 5) is 30.7. The summed E-state index contributed by atoms with van der Waals surface area (Å²) in [5, 5.41) is 4.86. The number of amides is 2. The fourth-order valence-electron chi connectivity index (χ4n) is 4.00. The highest BCUT2D eigenvalue weighted by molar-refractivity contribution is 7.09. The number of carbonyl (C=O) groups excluding carboxylic acids is 2. The van der Waals surface area contributed by atoms with E-state index < -0.39 is 11.9 Å². The van der Waals surface area contributed by atoms with Gasteiger partial charge in [-0.2, -0.15) is 0 Å². The molecule has 0 bridgehead atoms. The number of nitrogens with zero attached hydrogens (tertiary/aromatic N) is 2. The second-order valence-electron chi connectivity index (χ2n) is 8.39. The molecule has 166 valence electrons. The monoisotopic (exact) mass is 440 g/mol. The molecule has 2 amide bonds. The van der Waals surface area contributed by atoms with Gasteiger partial charge in [-0.05, 0) is 54.8 Å². The minimum Gasteiger partial charge on any atom is -0.368 e. The summed E-state index contributed by atoms with van der Waals surface area (Å²) in [6, 6.07) is 9.44. The number of primary amides is 1. The third-order valence-electron chi connectivity index (χ3n) is 5.60. The van der Waals surface area contributed by atoms with Gasteiger partial charge in [-0.1, -0.05) is 33.8 Å². The Hall–Kier alpha value is -2.67. The highest BCUT2D eigenvalue weighted by Crippen LogP contribution is 2.28. The summed E-state index contributed by atoms with van der Waals surface area (Å²) in [6.45, 7) is 8.37. The van der Waals surface area contributed by atoms with Crippen molar-refractivity contribution >= 4 is 34.2 Å². The molecule has 3 N–H and O–H groups in total. The summed E-state index contributed by atoms with van der Waals surface area (Å²) in [6.07, 6.45) is 3.30. The minimum atomic E-state index is -0.681. The maximum absolute atomic E-state index is 12.8. The summed E-state index contributed by atoms with van der Waals surface area (Å²) >= 11 is 1.72. The van der Waals surface area contributed by atoms with E-state index in [9.17, 15) is 9.59 Å². The third-order valence-corrected chi connectivity index (χ3v) is 6.48. The molecule has 2 aromatic heterocycles. The van der Waals surface area contributed by atoms with Crippen LogP contribution < -0.4 is 11.1 Å². The molecule has 7 heteroatoms. The lowest BCUT2D eigenvalue weighted by Crippen LogP contribution is -2.45. The SMILES string of the molecule is CCC(CC)n1c(Cc2cccs2)nc2cc(C(=O)NC(CC(C)C)C(N)=O)ccc21. The van der Waals surface area contributed by atoms with Crippen molar-refractivity contribution in [3.8, 4) is 0 Å². The van der Waals surface area contributed by atoms with Crippen molar-refractivity contribution in [3.63, 3.8) is 0 Å². The van der Waals surface area contributed by atoms with Crippen LogP contribution in [0.3, 0.4) is 0 Å². The Morgan fingerprint density at radius 2 is 1.94 bits per heavy atom. The van der Waals surface area contributed by atoms with E-state index >= 15 is 0 Å². The Morgan fingerprint density at radius 3 is 2.52 bits per heavy atom. The molecular formula is C24H32N4O2S. The van der Waals surface area contributed by atoms with Crippen molar-refractivity contribution in [3.05, 3.63) is 52.0 Å². The Labute approximate surface area is 187 Å². The number of thiophene rings is 1. The van der Waals surface area contributed by atoms with Gasteiger partial charge in [0, 0.05) is 22.9 Å². The Morgan fingerprint density at radius 1 is 1.19 bits per heavy atom. The maximum atomic E-state index is 12.8. The molecule has 0 aliphatic carbocycles. The molecule has 1 atom stereocenters. The van der Waals surface area contributed by atoms with Crippen LogP contribution in [0.15, 0.2) is 35.7 Å². The van der Waals surface area contributed by atoms with Gasteiger partial charge in [-0.3, -0.25) is 9.59 Å². The van der Waals surface area contributed by atoms with Gasteiger partial charge in [0.15, 0.2) is 0 Å². The number of aromatic nitrogens is 2. The van der Waals surface area contributed by atoms with E-state index in [2.05, 4.69) is 41.2 Å². The molecule has 0 saturated heterocycles. The highest BCUT2D eigenvalue weighted by atomic mass is 32.1. The number of carbonyl (C=O) groups is 2. The van der Waals surface area contributed by atoms with Crippen molar-refractivity contribution in [1.29, 1.82) is 0 Å². The van der Waals surface area contributed by atoms with Crippen molar-refractivity contribution < 1.29 is 9.59 Å². The third kappa shape index (κ3) is 5.34. The average molecular weight is 441 g/mol. The van der Waals surface area contributed by atoms with Crippen molar-refractivity contribution in [2.24, 2.45) is 11.7 Å². The van der Waals surface area contributed by atoms with Gasteiger partial charge in [0.2, 0.25) is 5.91 Å². The highest BCUT2D eigenvalue weighted by Gasteiger charge is 2.22. The molecule has 1 aromatic carbocycles. The van der Waals surface area contributed by atoms with Crippen LogP contribution in [0.1, 0.15) is 74.1 Å².